The van der Waals surface area contributed by atoms with Gasteiger partial charge in [-0.3, -0.25) is 33.8 Å². The van der Waals surface area contributed by atoms with Crippen LogP contribution < -0.4 is 20.9 Å². The maximum Gasteiger partial charge on any atom is 0.414 e. The van der Waals surface area contributed by atoms with E-state index in [0.29, 0.717) is 23.1 Å². The molecule has 0 aliphatic carbocycles. The molecule has 0 bridgehead atoms. The van der Waals surface area contributed by atoms with Crippen LogP contribution in [0.4, 0.5) is 20.6 Å². The minimum Gasteiger partial charge on any atom is -0.481 e. The van der Waals surface area contributed by atoms with Crippen LogP contribution in [0.1, 0.15) is 35.4 Å². The molecule has 2 saturated heterocycles. The Kier molecular flexibility index (Phi) is 11.4. The van der Waals surface area contributed by atoms with Gasteiger partial charge in [-0.15, -0.1) is 11.3 Å². The van der Waals surface area contributed by atoms with Crippen molar-refractivity contribution in [1.82, 2.24) is 10.2 Å². The van der Waals surface area contributed by atoms with Gasteiger partial charge in [-0.2, -0.15) is 0 Å². The topological polar surface area (TPSA) is 189 Å². The zero-order valence-corrected chi connectivity index (χ0v) is 25.5. The Morgan fingerprint density at radius 3 is 2.60 bits per heavy atom. The number of unbranched alkanes of at least 4 members (excludes halogenated alkanes) is 1. The zero-order chi connectivity index (χ0) is 32.7. The highest BCUT2D eigenvalue weighted by Crippen LogP contribution is 2.30. The summed E-state index contributed by atoms with van der Waals surface area (Å²) in [5.74, 6) is -4.31. The molecule has 3 heterocycles. The van der Waals surface area contributed by atoms with Gasteiger partial charge < -0.3 is 30.5 Å². The third-order valence-corrected chi connectivity index (χ3v) is 8.26. The molecule has 242 valence electrons. The standard InChI is InChI=1S/C28H31ClFN5O9S/c29-22-7-6-21(45-22)27(41)35(23(36)3-1-2-8-32-19(26(31)40)12-25(38)39)14-17-13-34(28(42)44-17)20-5-4-16(11-18(20)30)33-9-10-43-15-24(33)37/h4-7,11,17,19,32H,1-3,8-10,12-15H2,(H2,31,40)(H,38,39)/t17-,19+/m1/s1. The first-order chi connectivity index (χ1) is 21.4. The Morgan fingerprint density at radius 2 is 1.96 bits per heavy atom. The first-order valence-electron chi connectivity index (χ1n) is 13.9. The molecule has 5 amide bonds. The second-order valence-corrected chi connectivity index (χ2v) is 11.9. The molecule has 17 heteroatoms. The number of nitrogens with one attached hydrogen (secondary N) is 1. The number of nitrogens with zero attached hydrogens (tertiary/aromatic N) is 3. The van der Waals surface area contributed by atoms with Crippen molar-refractivity contribution in [2.45, 2.75) is 37.8 Å². The molecule has 2 aromatic rings. The molecule has 1 aromatic carbocycles. The van der Waals surface area contributed by atoms with Gasteiger partial charge in [0.15, 0.2) is 0 Å². The number of ether oxygens (including phenoxy) is 2. The van der Waals surface area contributed by atoms with Crippen LogP contribution >= 0.6 is 22.9 Å². The average molecular weight is 668 g/mol. The van der Waals surface area contributed by atoms with Crippen LogP contribution in [0.25, 0.3) is 0 Å². The Morgan fingerprint density at radius 1 is 1.18 bits per heavy atom. The summed E-state index contributed by atoms with van der Waals surface area (Å²) in [5.41, 5.74) is 5.43. The summed E-state index contributed by atoms with van der Waals surface area (Å²) in [5, 5.41) is 11.6. The normalized spacial score (nSPS) is 17.2. The number of amides is 5. The Hall–Kier alpha value is -4.12. The van der Waals surface area contributed by atoms with E-state index in [1.54, 1.807) is 0 Å². The maximum absolute atomic E-state index is 15.2. The number of benzene rings is 1. The predicted octanol–water partition coefficient (Wildman–Crippen LogP) is 1.99. The van der Waals surface area contributed by atoms with E-state index in [0.717, 1.165) is 27.2 Å². The number of carbonyl (C=O) groups excluding carboxylic acids is 5. The minimum atomic E-state index is -1.19. The molecular weight excluding hydrogens is 637 g/mol. The number of carboxylic acids is 1. The van der Waals surface area contributed by atoms with Gasteiger partial charge in [0, 0.05) is 18.7 Å². The number of halogens is 2. The SMILES string of the molecule is NC(=O)[C@H](CC(=O)O)NCCCCC(=O)N(C[C@H]1CN(c2ccc(N3CCOCC3=O)cc2F)C(=O)O1)C(=O)c1ccc(Cl)s1. The van der Waals surface area contributed by atoms with Crippen LogP contribution in [0.3, 0.4) is 0 Å². The smallest absolute Gasteiger partial charge is 0.414 e. The van der Waals surface area contributed by atoms with E-state index in [9.17, 15) is 28.8 Å². The number of primary amides is 1. The van der Waals surface area contributed by atoms with Crippen LogP contribution in [0.15, 0.2) is 30.3 Å². The highest BCUT2D eigenvalue weighted by Gasteiger charge is 2.38. The lowest BCUT2D eigenvalue weighted by Crippen LogP contribution is -2.43. The summed E-state index contributed by atoms with van der Waals surface area (Å²) in [6, 6.07) is 5.91. The first kappa shape index (κ1) is 33.8. The lowest BCUT2D eigenvalue weighted by atomic mass is 10.1. The van der Waals surface area contributed by atoms with Crippen molar-refractivity contribution in [3.8, 4) is 0 Å². The van der Waals surface area contributed by atoms with E-state index >= 15 is 4.39 Å². The summed E-state index contributed by atoms with van der Waals surface area (Å²) < 4.78 is 26.0. The third-order valence-electron chi connectivity index (χ3n) is 7.04. The second-order valence-electron chi connectivity index (χ2n) is 10.2. The number of rotatable bonds is 14. The fourth-order valence-corrected chi connectivity index (χ4v) is 5.80. The summed E-state index contributed by atoms with van der Waals surface area (Å²) in [7, 11) is 0. The van der Waals surface area contributed by atoms with E-state index < -0.39 is 54.2 Å². The highest BCUT2D eigenvalue weighted by atomic mass is 35.5. The molecule has 2 aliphatic rings. The van der Waals surface area contributed by atoms with E-state index in [1.807, 2.05) is 0 Å². The number of carbonyl (C=O) groups is 6. The molecule has 4 N–H and O–H groups in total. The minimum absolute atomic E-state index is 0.0899. The number of hydrogen-bond donors (Lipinski definition) is 3. The summed E-state index contributed by atoms with van der Waals surface area (Å²) in [4.78, 5) is 77.4. The monoisotopic (exact) mass is 667 g/mol. The van der Waals surface area contributed by atoms with E-state index in [-0.39, 0.29) is 62.1 Å². The van der Waals surface area contributed by atoms with Gasteiger partial charge in [0.05, 0.1) is 47.1 Å². The summed E-state index contributed by atoms with van der Waals surface area (Å²) >= 11 is 6.96. The predicted molar refractivity (Wildman–Crippen MR) is 160 cm³/mol. The zero-order valence-electron chi connectivity index (χ0n) is 23.9. The van der Waals surface area contributed by atoms with Crippen molar-refractivity contribution in [3.05, 3.63) is 45.4 Å². The summed E-state index contributed by atoms with van der Waals surface area (Å²) in [6.45, 7) is 0.179. The van der Waals surface area contributed by atoms with Gasteiger partial charge in [-0.1, -0.05) is 11.6 Å². The Balaban J connectivity index is 1.40. The number of morpholine rings is 1. The molecule has 0 saturated carbocycles. The van der Waals surface area contributed by atoms with Crippen molar-refractivity contribution in [3.63, 3.8) is 0 Å². The van der Waals surface area contributed by atoms with Crippen molar-refractivity contribution in [1.29, 1.82) is 0 Å². The number of carboxylic acid groups (broad SMARTS) is 1. The number of hydrogen-bond acceptors (Lipinski definition) is 10. The maximum atomic E-state index is 15.2. The van der Waals surface area contributed by atoms with Crippen LogP contribution in [-0.2, 0) is 28.7 Å². The number of anilines is 2. The molecule has 45 heavy (non-hydrogen) atoms. The number of aliphatic carboxylic acids is 1. The molecule has 0 radical (unpaired) electrons. The van der Waals surface area contributed by atoms with E-state index in [1.165, 1.54) is 29.2 Å². The second kappa shape index (κ2) is 15.2. The molecule has 2 atom stereocenters. The number of nitrogens with two attached hydrogens (primary N) is 1. The van der Waals surface area contributed by atoms with Crippen molar-refractivity contribution >= 4 is 70.0 Å². The van der Waals surface area contributed by atoms with Gasteiger partial charge in [-0.25, -0.2) is 9.18 Å². The molecule has 2 fully saturated rings. The third kappa shape index (κ3) is 8.75. The van der Waals surface area contributed by atoms with Gasteiger partial charge >= 0.3 is 12.1 Å². The van der Waals surface area contributed by atoms with Gasteiger partial charge in [-0.05, 0) is 49.7 Å². The Bertz CT molecular complexity index is 1470. The van der Waals surface area contributed by atoms with Crippen molar-refractivity contribution in [2.24, 2.45) is 5.73 Å². The van der Waals surface area contributed by atoms with Gasteiger partial charge in [0.25, 0.3) is 11.8 Å². The van der Waals surface area contributed by atoms with Crippen LogP contribution in [0.2, 0.25) is 4.34 Å². The van der Waals surface area contributed by atoms with Crippen molar-refractivity contribution < 1.29 is 47.7 Å². The van der Waals surface area contributed by atoms with Gasteiger partial charge in [0.2, 0.25) is 11.8 Å². The number of thiophene rings is 1. The largest absolute Gasteiger partial charge is 0.481 e. The quantitative estimate of drug-likeness (QED) is 0.251. The lowest BCUT2D eigenvalue weighted by Gasteiger charge is -2.27. The first-order valence-corrected chi connectivity index (χ1v) is 15.1. The summed E-state index contributed by atoms with van der Waals surface area (Å²) in [6.07, 6.45) is -1.79. The average Bonchev–Trinajstić information content (AvgIpc) is 3.59. The van der Waals surface area contributed by atoms with Crippen LogP contribution in [-0.4, -0.2) is 97.2 Å². The highest BCUT2D eigenvalue weighted by molar-refractivity contribution is 7.18. The molecule has 0 unspecified atom stereocenters. The number of cyclic esters (lactones) is 1. The molecular formula is C28H31ClFN5O9S. The molecule has 14 nitrogen and oxygen atoms in total. The number of imide groups is 1. The van der Waals surface area contributed by atoms with Gasteiger partial charge in [0.1, 0.15) is 18.5 Å². The van der Waals surface area contributed by atoms with Crippen LogP contribution in [0.5, 0.6) is 0 Å². The lowest BCUT2D eigenvalue weighted by molar-refractivity contribution is -0.139. The fourth-order valence-electron chi connectivity index (χ4n) is 4.81. The fraction of sp³-hybridized carbons (Fsp3) is 0.429. The van der Waals surface area contributed by atoms with E-state index in [4.69, 9.17) is 31.9 Å². The Labute approximate surface area is 265 Å². The molecule has 0 spiro atoms. The molecule has 2 aliphatic heterocycles. The molecule has 1 aromatic heterocycles. The molecule has 4 rings (SSSR count). The van der Waals surface area contributed by atoms with E-state index in [2.05, 4.69) is 5.32 Å². The van der Waals surface area contributed by atoms with Crippen molar-refractivity contribution in [2.75, 3.05) is 49.2 Å². The van der Waals surface area contributed by atoms with Crippen LogP contribution in [0, 0.1) is 5.82 Å².